The Bertz CT molecular complexity index is 149. The molecule has 66 valence electrons. The fraction of sp³-hybridized carbons (Fsp3) is 1.00. The predicted molar refractivity (Wildman–Crippen MR) is 50.6 cm³/mol. The first kappa shape index (κ1) is 9.53. The first-order valence-corrected chi connectivity index (χ1v) is 6.31. The average molecular weight is 195 g/mol. The summed E-state index contributed by atoms with van der Waals surface area (Å²) in [5, 5.41) is 0. The molecule has 11 heavy (non-hydrogen) atoms. The van der Waals surface area contributed by atoms with Crippen LogP contribution in [0.3, 0.4) is 0 Å². The molecule has 0 saturated heterocycles. The summed E-state index contributed by atoms with van der Waals surface area (Å²) < 4.78 is 10.8. The van der Waals surface area contributed by atoms with Crippen molar-refractivity contribution in [3.8, 4) is 0 Å². The minimum atomic E-state index is -0.640. The highest BCUT2D eigenvalue weighted by molar-refractivity contribution is 7.84. The molecule has 1 rings (SSSR count). The van der Waals surface area contributed by atoms with Crippen LogP contribution < -0.4 is 0 Å². The van der Waals surface area contributed by atoms with Gasteiger partial charge < -0.3 is 0 Å². The number of hydrogen-bond acceptors (Lipinski definition) is 1. The van der Waals surface area contributed by atoms with Crippen LogP contribution in [0.15, 0.2) is 0 Å². The Hall–Kier alpha value is 0.440. The van der Waals surface area contributed by atoms with Crippen molar-refractivity contribution >= 4 is 22.4 Å². The van der Waals surface area contributed by atoms with Gasteiger partial charge in [-0.1, -0.05) is 6.42 Å². The lowest BCUT2D eigenvalue weighted by atomic mass is 9.68. The molecule has 0 aromatic heterocycles. The van der Waals surface area contributed by atoms with E-state index >= 15 is 0 Å². The Morgan fingerprint density at radius 3 is 2.45 bits per heavy atom. The van der Waals surface area contributed by atoms with Crippen molar-refractivity contribution in [3.05, 3.63) is 0 Å². The van der Waals surface area contributed by atoms with Gasteiger partial charge in [0.15, 0.2) is 0 Å². The topological polar surface area (TPSA) is 17.1 Å². The van der Waals surface area contributed by atoms with Gasteiger partial charge in [-0.15, -0.1) is 11.6 Å². The molecule has 0 spiro atoms. The molecule has 3 heteroatoms. The van der Waals surface area contributed by atoms with E-state index in [2.05, 4.69) is 0 Å². The van der Waals surface area contributed by atoms with Gasteiger partial charge >= 0.3 is 0 Å². The first-order chi connectivity index (χ1) is 5.18. The average Bonchev–Trinajstić information content (AvgIpc) is 1.86. The van der Waals surface area contributed by atoms with Crippen molar-refractivity contribution in [1.29, 1.82) is 0 Å². The number of alkyl halides is 1. The molecule has 0 bridgehead atoms. The minimum absolute atomic E-state index is 0.368. The maximum Gasteiger partial charge on any atom is 0.0280 e. The zero-order valence-corrected chi connectivity index (χ0v) is 8.51. The van der Waals surface area contributed by atoms with Crippen LogP contribution in [-0.2, 0) is 10.8 Å². The van der Waals surface area contributed by atoms with Gasteiger partial charge in [-0.25, -0.2) is 0 Å². The van der Waals surface area contributed by atoms with Gasteiger partial charge in [-0.3, -0.25) is 4.21 Å². The molecule has 1 atom stereocenters. The second-order valence-corrected chi connectivity index (χ2v) is 5.34. The van der Waals surface area contributed by atoms with E-state index in [1.54, 1.807) is 6.26 Å². The molecule has 0 aliphatic heterocycles. The minimum Gasteiger partial charge on any atom is -0.260 e. The summed E-state index contributed by atoms with van der Waals surface area (Å²) in [4.78, 5) is 0. The number of halogens is 1. The third kappa shape index (κ3) is 2.45. The zero-order valence-electron chi connectivity index (χ0n) is 6.94. The first-order valence-electron chi connectivity index (χ1n) is 4.05. The fourth-order valence-electron chi connectivity index (χ4n) is 1.49. The van der Waals surface area contributed by atoms with Crippen LogP contribution in [0.5, 0.6) is 0 Å². The quantitative estimate of drug-likeness (QED) is 0.627. The lowest BCUT2D eigenvalue weighted by Crippen LogP contribution is -2.32. The fourth-order valence-corrected chi connectivity index (χ4v) is 2.61. The molecular formula is C8H15ClOS. The highest BCUT2D eigenvalue weighted by Crippen LogP contribution is 2.44. The number of rotatable bonds is 4. The Balaban J connectivity index is 2.27. The molecule has 0 aromatic rings. The highest BCUT2D eigenvalue weighted by Gasteiger charge is 2.35. The van der Waals surface area contributed by atoms with Crippen molar-refractivity contribution in [1.82, 2.24) is 0 Å². The molecule has 0 radical (unpaired) electrons. The van der Waals surface area contributed by atoms with Crippen LogP contribution in [0.25, 0.3) is 0 Å². The molecule has 1 unspecified atom stereocenters. The maximum atomic E-state index is 10.8. The van der Waals surface area contributed by atoms with Gasteiger partial charge in [0.2, 0.25) is 0 Å². The Morgan fingerprint density at radius 2 is 2.18 bits per heavy atom. The van der Waals surface area contributed by atoms with Crippen LogP contribution >= 0.6 is 11.6 Å². The smallest absolute Gasteiger partial charge is 0.0280 e. The van der Waals surface area contributed by atoms with E-state index in [1.165, 1.54) is 19.3 Å². The Kier molecular flexibility index (Phi) is 3.38. The molecule has 0 heterocycles. The Morgan fingerprint density at radius 1 is 1.55 bits per heavy atom. The van der Waals surface area contributed by atoms with E-state index in [4.69, 9.17) is 11.6 Å². The number of hydrogen-bond donors (Lipinski definition) is 0. The standard InChI is InChI=1S/C8H15ClOS/c1-11(10)6-5-8(7-9)3-2-4-8/h2-7H2,1H3. The summed E-state index contributed by atoms with van der Waals surface area (Å²) in [6.45, 7) is 0. The second kappa shape index (κ2) is 3.90. The molecule has 0 N–H and O–H groups in total. The van der Waals surface area contributed by atoms with Crippen molar-refractivity contribution in [2.24, 2.45) is 5.41 Å². The van der Waals surface area contributed by atoms with Gasteiger partial charge in [0.25, 0.3) is 0 Å². The summed E-state index contributed by atoms with van der Waals surface area (Å²) in [5.41, 5.74) is 0.368. The van der Waals surface area contributed by atoms with E-state index in [9.17, 15) is 4.21 Å². The lowest BCUT2D eigenvalue weighted by Gasteiger charge is -2.40. The Labute approximate surface area is 76.0 Å². The van der Waals surface area contributed by atoms with Gasteiger partial charge in [-0.05, 0) is 24.7 Å². The van der Waals surface area contributed by atoms with Crippen molar-refractivity contribution in [2.75, 3.05) is 17.9 Å². The third-order valence-corrected chi connectivity index (χ3v) is 3.96. The monoisotopic (exact) mass is 194 g/mol. The van der Waals surface area contributed by atoms with Gasteiger partial charge in [0.1, 0.15) is 0 Å². The van der Waals surface area contributed by atoms with Crippen molar-refractivity contribution in [2.45, 2.75) is 25.7 Å². The van der Waals surface area contributed by atoms with Crippen LogP contribution in [0.2, 0.25) is 0 Å². The summed E-state index contributed by atoms with van der Waals surface area (Å²) in [6, 6.07) is 0. The highest BCUT2D eigenvalue weighted by atomic mass is 35.5. The predicted octanol–water partition coefficient (Wildman–Crippen LogP) is 2.16. The van der Waals surface area contributed by atoms with Crippen LogP contribution in [0.1, 0.15) is 25.7 Å². The zero-order chi connectivity index (χ0) is 8.32. The normalized spacial score (nSPS) is 24.2. The summed E-state index contributed by atoms with van der Waals surface area (Å²) in [5.74, 6) is 1.58. The molecule has 1 nitrogen and oxygen atoms in total. The maximum absolute atomic E-state index is 10.8. The summed E-state index contributed by atoms with van der Waals surface area (Å²) in [6.07, 6.45) is 6.62. The van der Waals surface area contributed by atoms with Gasteiger partial charge in [-0.2, -0.15) is 0 Å². The van der Waals surface area contributed by atoms with Gasteiger partial charge in [0.05, 0.1) is 0 Å². The molecule has 1 saturated carbocycles. The van der Waals surface area contributed by atoms with Crippen LogP contribution in [0.4, 0.5) is 0 Å². The molecule has 0 aromatic carbocycles. The molecule has 1 aliphatic rings. The molecule has 1 aliphatic carbocycles. The lowest BCUT2D eigenvalue weighted by molar-refractivity contribution is 0.161. The molecule has 1 fully saturated rings. The largest absolute Gasteiger partial charge is 0.260 e. The van der Waals surface area contributed by atoms with Crippen molar-refractivity contribution < 1.29 is 4.21 Å². The van der Waals surface area contributed by atoms with E-state index in [-0.39, 0.29) is 0 Å². The second-order valence-electron chi connectivity index (χ2n) is 3.51. The molecular weight excluding hydrogens is 180 g/mol. The summed E-state index contributed by atoms with van der Waals surface area (Å²) in [7, 11) is -0.640. The van der Waals surface area contributed by atoms with E-state index < -0.39 is 10.8 Å². The third-order valence-electron chi connectivity index (χ3n) is 2.62. The van der Waals surface area contributed by atoms with Crippen molar-refractivity contribution in [3.63, 3.8) is 0 Å². The van der Waals surface area contributed by atoms with Crippen LogP contribution in [0, 0.1) is 5.41 Å². The van der Waals surface area contributed by atoms with E-state index in [0.717, 1.165) is 18.1 Å². The van der Waals surface area contributed by atoms with E-state index in [0.29, 0.717) is 5.41 Å². The summed E-state index contributed by atoms with van der Waals surface area (Å²) >= 11 is 5.84. The van der Waals surface area contributed by atoms with E-state index in [1.807, 2.05) is 0 Å². The SMILES string of the molecule is CS(=O)CCC1(CCl)CCC1. The van der Waals surface area contributed by atoms with Gasteiger partial charge in [0, 0.05) is 28.7 Å². The molecule has 0 amide bonds. The van der Waals surface area contributed by atoms with Crippen LogP contribution in [-0.4, -0.2) is 22.1 Å².